The van der Waals surface area contributed by atoms with Crippen molar-refractivity contribution in [3.63, 3.8) is 0 Å². The first-order chi connectivity index (χ1) is 11.1. The van der Waals surface area contributed by atoms with Crippen molar-refractivity contribution in [1.29, 1.82) is 0 Å². The quantitative estimate of drug-likeness (QED) is 0.757. The third kappa shape index (κ3) is 5.15. The molecule has 0 saturated heterocycles. The van der Waals surface area contributed by atoms with Crippen LogP contribution >= 0.6 is 11.6 Å². The van der Waals surface area contributed by atoms with Gasteiger partial charge in [0.2, 0.25) is 0 Å². The Hall–Kier alpha value is -1.71. The van der Waals surface area contributed by atoms with Crippen LogP contribution < -0.4 is 14.8 Å². The van der Waals surface area contributed by atoms with Crippen LogP contribution in [0.3, 0.4) is 0 Å². The van der Waals surface area contributed by atoms with Crippen molar-refractivity contribution in [2.75, 3.05) is 13.2 Å². The van der Waals surface area contributed by atoms with Crippen molar-refractivity contribution in [2.24, 2.45) is 0 Å². The molecule has 3 nitrogen and oxygen atoms in total. The molecule has 0 aliphatic carbocycles. The van der Waals surface area contributed by atoms with Gasteiger partial charge in [0.1, 0.15) is 0 Å². The van der Waals surface area contributed by atoms with Crippen molar-refractivity contribution < 1.29 is 9.47 Å². The van der Waals surface area contributed by atoms with Crippen molar-refractivity contribution in [2.45, 2.75) is 33.9 Å². The van der Waals surface area contributed by atoms with E-state index in [9.17, 15) is 0 Å². The fraction of sp³-hybridized carbons (Fsp3) is 0.368. The van der Waals surface area contributed by atoms with Gasteiger partial charge in [-0.2, -0.15) is 0 Å². The first kappa shape index (κ1) is 17.6. The van der Waals surface area contributed by atoms with Gasteiger partial charge in [-0.05, 0) is 38.0 Å². The van der Waals surface area contributed by atoms with E-state index >= 15 is 0 Å². The zero-order valence-electron chi connectivity index (χ0n) is 14.0. The Bertz CT molecular complexity index is 626. The third-order valence-corrected chi connectivity index (χ3v) is 3.83. The first-order valence-corrected chi connectivity index (χ1v) is 8.36. The number of hydrogen-bond donors (Lipinski definition) is 1. The first-order valence-electron chi connectivity index (χ1n) is 7.98. The Morgan fingerprint density at radius 2 is 1.52 bits per heavy atom. The van der Waals surface area contributed by atoms with E-state index in [1.165, 1.54) is 11.1 Å². The maximum atomic E-state index is 6.36. The molecule has 0 fully saturated rings. The van der Waals surface area contributed by atoms with Crippen LogP contribution in [0.15, 0.2) is 36.4 Å². The molecule has 23 heavy (non-hydrogen) atoms. The van der Waals surface area contributed by atoms with Crippen LogP contribution in [0.1, 0.15) is 30.5 Å². The summed E-state index contributed by atoms with van der Waals surface area (Å²) in [6, 6.07) is 12.3. The van der Waals surface area contributed by atoms with Crippen molar-refractivity contribution >= 4 is 11.6 Å². The minimum atomic E-state index is 0.585. The Kier molecular flexibility index (Phi) is 6.75. The summed E-state index contributed by atoms with van der Waals surface area (Å²) in [5.74, 6) is 1.44. The highest BCUT2D eigenvalue weighted by molar-refractivity contribution is 6.31. The molecular weight excluding hydrogens is 310 g/mol. The van der Waals surface area contributed by atoms with Gasteiger partial charge in [-0.1, -0.05) is 41.4 Å². The zero-order chi connectivity index (χ0) is 16.7. The fourth-order valence-corrected chi connectivity index (χ4v) is 2.52. The number of ether oxygens (including phenoxy) is 2. The van der Waals surface area contributed by atoms with Crippen molar-refractivity contribution in [3.8, 4) is 11.5 Å². The molecule has 4 heteroatoms. The van der Waals surface area contributed by atoms with E-state index in [1.54, 1.807) is 0 Å². The standard InChI is InChI=1S/C19H24ClNO2/c1-4-22-18-10-16(17(20)11-19(18)23-5-2)13-21-12-15-8-6-14(3)7-9-15/h6-11,21H,4-5,12-13H2,1-3H3. The number of aryl methyl sites for hydroxylation is 1. The largest absolute Gasteiger partial charge is 0.490 e. The summed E-state index contributed by atoms with van der Waals surface area (Å²) in [4.78, 5) is 0. The molecule has 124 valence electrons. The average Bonchev–Trinajstić information content (AvgIpc) is 2.53. The lowest BCUT2D eigenvalue weighted by atomic mass is 10.1. The van der Waals surface area contributed by atoms with Crippen LogP contribution in [0.2, 0.25) is 5.02 Å². The third-order valence-electron chi connectivity index (χ3n) is 3.48. The van der Waals surface area contributed by atoms with Crippen LogP contribution in [-0.2, 0) is 13.1 Å². The minimum Gasteiger partial charge on any atom is -0.490 e. The second-order valence-corrected chi connectivity index (χ2v) is 5.75. The van der Waals surface area contributed by atoms with E-state index < -0.39 is 0 Å². The van der Waals surface area contributed by atoms with Gasteiger partial charge < -0.3 is 14.8 Å². The Morgan fingerprint density at radius 1 is 0.913 bits per heavy atom. The second kappa shape index (κ2) is 8.80. The van der Waals surface area contributed by atoms with Crippen LogP contribution in [0, 0.1) is 6.92 Å². The molecule has 0 saturated carbocycles. The maximum absolute atomic E-state index is 6.36. The Balaban J connectivity index is 2.03. The van der Waals surface area contributed by atoms with Crippen molar-refractivity contribution in [3.05, 3.63) is 58.1 Å². The van der Waals surface area contributed by atoms with Gasteiger partial charge in [0.05, 0.1) is 13.2 Å². The number of halogens is 1. The molecule has 0 atom stereocenters. The molecule has 0 bridgehead atoms. The SMILES string of the molecule is CCOc1cc(Cl)c(CNCc2ccc(C)cc2)cc1OCC. The van der Waals surface area contributed by atoms with Crippen LogP contribution in [0.4, 0.5) is 0 Å². The lowest BCUT2D eigenvalue weighted by molar-refractivity contribution is 0.287. The highest BCUT2D eigenvalue weighted by atomic mass is 35.5. The van der Waals surface area contributed by atoms with Crippen LogP contribution in [-0.4, -0.2) is 13.2 Å². The van der Waals surface area contributed by atoms with Gasteiger partial charge >= 0.3 is 0 Å². The van der Waals surface area contributed by atoms with E-state index in [4.69, 9.17) is 21.1 Å². The van der Waals surface area contributed by atoms with Crippen LogP contribution in [0.25, 0.3) is 0 Å². The molecule has 2 rings (SSSR count). The number of hydrogen-bond acceptors (Lipinski definition) is 3. The lowest BCUT2D eigenvalue weighted by Gasteiger charge is -2.14. The van der Waals surface area contributed by atoms with Gasteiger partial charge in [0.15, 0.2) is 11.5 Å². The normalized spacial score (nSPS) is 10.6. The molecule has 0 amide bonds. The predicted molar refractivity (Wildman–Crippen MR) is 95.5 cm³/mol. The van der Waals surface area contributed by atoms with Crippen molar-refractivity contribution in [1.82, 2.24) is 5.32 Å². The molecule has 0 heterocycles. The van der Waals surface area contributed by atoms with Gasteiger partial charge in [-0.25, -0.2) is 0 Å². The summed E-state index contributed by atoms with van der Waals surface area (Å²) >= 11 is 6.36. The zero-order valence-corrected chi connectivity index (χ0v) is 14.7. The summed E-state index contributed by atoms with van der Waals surface area (Å²) in [7, 11) is 0. The molecular formula is C19H24ClNO2. The molecule has 0 spiro atoms. The highest BCUT2D eigenvalue weighted by Crippen LogP contribution is 2.33. The molecule has 0 aromatic heterocycles. The number of rotatable bonds is 8. The van der Waals surface area contributed by atoms with E-state index in [1.807, 2.05) is 26.0 Å². The number of benzene rings is 2. The van der Waals surface area contributed by atoms with E-state index in [2.05, 4.69) is 36.5 Å². The number of nitrogens with one attached hydrogen (secondary N) is 1. The highest BCUT2D eigenvalue weighted by Gasteiger charge is 2.10. The fourth-order valence-electron chi connectivity index (χ4n) is 2.30. The minimum absolute atomic E-state index is 0.585. The Morgan fingerprint density at radius 3 is 2.13 bits per heavy atom. The van der Waals surface area contributed by atoms with Gasteiger partial charge in [0, 0.05) is 24.2 Å². The van der Waals surface area contributed by atoms with Gasteiger partial charge in [0.25, 0.3) is 0 Å². The second-order valence-electron chi connectivity index (χ2n) is 5.35. The maximum Gasteiger partial charge on any atom is 0.162 e. The van der Waals surface area contributed by atoms with Gasteiger partial charge in [-0.3, -0.25) is 0 Å². The summed E-state index contributed by atoms with van der Waals surface area (Å²) < 4.78 is 11.2. The summed E-state index contributed by atoms with van der Waals surface area (Å²) in [6.07, 6.45) is 0. The van der Waals surface area contributed by atoms with E-state index in [0.717, 1.165) is 17.9 Å². The molecule has 2 aromatic rings. The molecule has 0 aliphatic heterocycles. The molecule has 0 aliphatic rings. The monoisotopic (exact) mass is 333 g/mol. The molecule has 0 unspecified atom stereocenters. The predicted octanol–water partition coefficient (Wildman–Crippen LogP) is 4.74. The van der Waals surface area contributed by atoms with E-state index in [-0.39, 0.29) is 0 Å². The molecule has 2 aromatic carbocycles. The lowest BCUT2D eigenvalue weighted by Crippen LogP contribution is -2.13. The molecule has 0 radical (unpaired) electrons. The van der Waals surface area contributed by atoms with Crippen LogP contribution in [0.5, 0.6) is 11.5 Å². The summed E-state index contributed by atoms with van der Waals surface area (Å²) in [5.41, 5.74) is 3.53. The van der Waals surface area contributed by atoms with E-state index in [0.29, 0.717) is 30.5 Å². The Labute approximate surface area is 143 Å². The topological polar surface area (TPSA) is 30.5 Å². The summed E-state index contributed by atoms with van der Waals surface area (Å²) in [5, 5.41) is 4.11. The average molecular weight is 334 g/mol. The molecule has 1 N–H and O–H groups in total. The summed E-state index contributed by atoms with van der Waals surface area (Å²) in [6.45, 7) is 8.65. The smallest absolute Gasteiger partial charge is 0.162 e. The van der Waals surface area contributed by atoms with Gasteiger partial charge in [-0.15, -0.1) is 0 Å².